The van der Waals surface area contributed by atoms with Gasteiger partial charge in [-0.2, -0.15) is 0 Å². The van der Waals surface area contributed by atoms with Gasteiger partial charge in [-0.25, -0.2) is 0 Å². The van der Waals surface area contributed by atoms with Crippen molar-refractivity contribution in [1.82, 2.24) is 5.32 Å². The van der Waals surface area contributed by atoms with Gasteiger partial charge in [-0.1, -0.05) is 24.6 Å². The second-order valence-corrected chi connectivity index (χ2v) is 4.10. The van der Waals surface area contributed by atoms with Crippen molar-refractivity contribution in [2.45, 2.75) is 26.4 Å². The van der Waals surface area contributed by atoms with E-state index in [9.17, 15) is 5.11 Å². The molecule has 3 nitrogen and oxygen atoms in total. The molecule has 0 amide bonds. The summed E-state index contributed by atoms with van der Waals surface area (Å²) in [7, 11) is 0. The first kappa shape index (κ1) is 13.0. The van der Waals surface area contributed by atoms with Gasteiger partial charge < -0.3 is 15.7 Å². The second-order valence-electron chi connectivity index (χ2n) is 4.10. The fraction of sp³-hybridized carbons (Fsp3) is 0.538. The molecule has 0 radical (unpaired) electrons. The first-order valence-electron chi connectivity index (χ1n) is 5.91. The summed E-state index contributed by atoms with van der Waals surface area (Å²) in [5, 5.41) is 16.1. The minimum Gasteiger partial charge on any atom is -0.390 e. The summed E-state index contributed by atoms with van der Waals surface area (Å²) in [6.45, 7) is 6.37. The van der Waals surface area contributed by atoms with E-state index in [0.717, 1.165) is 18.7 Å². The molecule has 1 aromatic rings. The SMILES string of the molecule is CCCNC[C@H](O)CNc1ccc(C)cc1. The molecule has 0 unspecified atom stereocenters. The van der Waals surface area contributed by atoms with E-state index in [4.69, 9.17) is 0 Å². The fourth-order valence-electron chi connectivity index (χ4n) is 1.42. The normalized spacial score (nSPS) is 12.4. The van der Waals surface area contributed by atoms with Gasteiger partial charge in [0.25, 0.3) is 0 Å². The van der Waals surface area contributed by atoms with Gasteiger partial charge in [0, 0.05) is 18.8 Å². The summed E-state index contributed by atoms with van der Waals surface area (Å²) in [5.41, 5.74) is 2.30. The highest BCUT2D eigenvalue weighted by molar-refractivity contribution is 5.44. The third-order valence-electron chi connectivity index (χ3n) is 2.40. The van der Waals surface area contributed by atoms with E-state index in [-0.39, 0.29) is 6.10 Å². The monoisotopic (exact) mass is 222 g/mol. The lowest BCUT2D eigenvalue weighted by molar-refractivity contribution is 0.184. The smallest absolute Gasteiger partial charge is 0.0836 e. The Morgan fingerprint density at radius 1 is 1.19 bits per heavy atom. The van der Waals surface area contributed by atoms with Gasteiger partial charge in [0.05, 0.1) is 6.10 Å². The summed E-state index contributed by atoms with van der Waals surface area (Å²) >= 11 is 0. The minimum atomic E-state index is -0.340. The van der Waals surface area contributed by atoms with Crippen LogP contribution in [0.3, 0.4) is 0 Å². The van der Waals surface area contributed by atoms with E-state index in [1.807, 2.05) is 12.1 Å². The van der Waals surface area contributed by atoms with Crippen molar-refractivity contribution >= 4 is 5.69 Å². The van der Waals surface area contributed by atoms with E-state index in [1.165, 1.54) is 5.56 Å². The van der Waals surface area contributed by atoms with Gasteiger partial charge in [-0.05, 0) is 32.0 Å². The van der Waals surface area contributed by atoms with Crippen molar-refractivity contribution in [1.29, 1.82) is 0 Å². The summed E-state index contributed by atoms with van der Waals surface area (Å²) < 4.78 is 0. The zero-order valence-corrected chi connectivity index (χ0v) is 10.2. The number of rotatable bonds is 7. The minimum absolute atomic E-state index is 0.340. The molecule has 0 saturated heterocycles. The Bertz CT molecular complexity index is 284. The van der Waals surface area contributed by atoms with Gasteiger partial charge in [0.15, 0.2) is 0 Å². The molecule has 0 aliphatic carbocycles. The molecule has 0 heterocycles. The summed E-state index contributed by atoms with van der Waals surface area (Å²) in [5.74, 6) is 0. The fourth-order valence-corrected chi connectivity index (χ4v) is 1.42. The Morgan fingerprint density at radius 3 is 2.50 bits per heavy atom. The van der Waals surface area contributed by atoms with Gasteiger partial charge >= 0.3 is 0 Å². The molecule has 0 saturated carbocycles. The number of benzene rings is 1. The van der Waals surface area contributed by atoms with E-state index in [0.29, 0.717) is 13.1 Å². The van der Waals surface area contributed by atoms with Crippen LogP contribution in [-0.2, 0) is 0 Å². The van der Waals surface area contributed by atoms with Crippen molar-refractivity contribution in [3.8, 4) is 0 Å². The Kier molecular flexibility index (Phi) is 5.90. The number of hydrogen-bond acceptors (Lipinski definition) is 3. The molecular formula is C13H22N2O. The van der Waals surface area contributed by atoms with Crippen molar-refractivity contribution in [3.05, 3.63) is 29.8 Å². The van der Waals surface area contributed by atoms with Crippen LogP contribution in [0, 0.1) is 6.92 Å². The van der Waals surface area contributed by atoms with Crippen molar-refractivity contribution in [3.63, 3.8) is 0 Å². The lowest BCUT2D eigenvalue weighted by Gasteiger charge is -2.13. The van der Waals surface area contributed by atoms with Crippen LogP contribution in [0.5, 0.6) is 0 Å². The zero-order chi connectivity index (χ0) is 11.8. The average molecular weight is 222 g/mol. The molecule has 0 aromatic heterocycles. The topological polar surface area (TPSA) is 44.3 Å². The summed E-state index contributed by atoms with van der Waals surface area (Å²) in [6.07, 6.45) is 0.755. The number of anilines is 1. The molecule has 1 atom stereocenters. The Balaban J connectivity index is 2.20. The van der Waals surface area contributed by atoms with Gasteiger partial charge in [-0.3, -0.25) is 0 Å². The highest BCUT2D eigenvalue weighted by Gasteiger charge is 2.02. The lowest BCUT2D eigenvalue weighted by atomic mass is 10.2. The number of aryl methyl sites for hydroxylation is 1. The van der Waals surface area contributed by atoms with Crippen LogP contribution in [0.25, 0.3) is 0 Å². The van der Waals surface area contributed by atoms with Crippen LogP contribution >= 0.6 is 0 Å². The second kappa shape index (κ2) is 7.25. The summed E-state index contributed by atoms with van der Waals surface area (Å²) in [6, 6.07) is 8.18. The van der Waals surface area contributed by atoms with Crippen molar-refractivity contribution < 1.29 is 5.11 Å². The van der Waals surface area contributed by atoms with Crippen LogP contribution in [-0.4, -0.2) is 30.8 Å². The predicted octanol–water partition coefficient (Wildman–Crippen LogP) is 1.77. The van der Waals surface area contributed by atoms with Gasteiger partial charge in [-0.15, -0.1) is 0 Å². The number of hydrogen-bond donors (Lipinski definition) is 3. The number of nitrogens with one attached hydrogen (secondary N) is 2. The largest absolute Gasteiger partial charge is 0.390 e. The van der Waals surface area contributed by atoms with Gasteiger partial charge in [0.2, 0.25) is 0 Å². The lowest BCUT2D eigenvalue weighted by Crippen LogP contribution is -2.32. The maximum Gasteiger partial charge on any atom is 0.0836 e. The third-order valence-corrected chi connectivity index (χ3v) is 2.40. The molecule has 16 heavy (non-hydrogen) atoms. The van der Waals surface area contributed by atoms with E-state index in [1.54, 1.807) is 0 Å². The van der Waals surface area contributed by atoms with Crippen molar-refractivity contribution in [2.75, 3.05) is 25.0 Å². The van der Waals surface area contributed by atoms with Crippen LogP contribution in [0.2, 0.25) is 0 Å². The molecule has 0 spiro atoms. The molecule has 3 N–H and O–H groups in total. The Labute approximate surface area is 97.9 Å². The average Bonchev–Trinajstić information content (AvgIpc) is 2.29. The summed E-state index contributed by atoms with van der Waals surface area (Å²) in [4.78, 5) is 0. The Morgan fingerprint density at radius 2 is 1.88 bits per heavy atom. The number of aliphatic hydroxyl groups excluding tert-OH is 1. The Hall–Kier alpha value is -1.06. The van der Waals surface area contributed by atoms with E-state index < -0.39 is 0 Å². The zero-order valence-electron chi connectivity index (χ0n) is 10.2. The highest BCUT2D eigenvalue weighted by atomic mass is 16.3. The quantitative estimate of drug-likeness (QED) is 0.616. The molecule has 3 heteroatoms. The van der Waals surface area contributed by atoms with Crippen LogP contribution in [0.4, 0.5) is 5.69 Å². The molecule has 1 rings (SSSR count). The molecule has 0 bridgehead atoms. The van der Waals surface area contributed by atoms with Crippen molar-refractivity contribution in [2.24, 2.45) is 0 Å². The molecule has 0 aliphatic heterocycles. The maximum absolute atomic E-state index is 9.67. The first-order chi connectivity index (χ1) is 7.72. The highest BCUT2D eigenvalue weighted by Crippen LogP contribution is 2.08. The number of aliphatic hydroxyl groups is 1. The van der Waals surface area contributed by atoms with Crippen LogP contribution in [0.1, 0.15) is 18.9 Å². The van der Waals surface area contributed by atoms with Crippen LogP contribution < -0.4 is 10.6 Å². The molecule has 0 fully saturated rings. The van der Waals surface area contributed by atoms with E-state index in [2.05, 4.69) is 36.6 Å². The predicted molar refractivity (Wildman–Crippen MR) is 68.8 cm³/mol. The standard InChI is InChI=1S/C13H22N2O/c1-3-8-14-9-13(16)10-15-12-6-4-11(2)5-7-12/h4-7,13-16H,3,8-10H2,1-2H3/t13-/m0/s1. The molecule has 1 aromatic carbocycles. The first-order valence-corrected chi connectivity index (χ1v) is 5.91. The van der Waals surface area contributed by atoms with Gasteiger partial charge in [0.1, 0.15) is 0 Å². The molecule has 90 valence electrons. The third kappa shape index (κ3) is 5.14. The molecule has 0 aliphatic rings. The maximum atomic E-state index is 9.67. The van der Waals surface area contributed by atoms with E-state index >= 15 is 0 Å². The molecular weight excluding hydrogens is 200 g/mol. The van der Waals surface area contributed by atoms with Crippen LogP contribution in [0.15, 0.2) is 24.3 Å².